The molecule has 0 saturated carbocycles. The molecule has 2 rings (SSSR count). The van der Waals surface area contributed by atoms with Gasteiger partial charge < -0.3 is 5.32 Å². The number of hydrogen-bond acceptors (Lipinski definition) is 3. The molecule has 0 unspecified atom stereocenters. The molecule has 0 fully saturated rings. The molecule has 0 aliphatic heterocycles. The first kappa shape index (κ1) is 12.8. The summed E-state index contributed by atoms with van der Waals surface area (Å²) in [6, 6.07) is 10.4. The van der Waals surface area contributed by atoms with Gasteiger partial charge in [-0.05, 0) is 18.5 Å². The summed E-state index contributed by atoms with van der Waals surface area (Å²) in [6.45, 7) is 4.02. The lowest BCUT2D eigenvalue weighted by Crippen LogP contribution is -2.16. The average molecular weight is 244 g/mol. The van der Waals surface area contributed by atoms with Crippen LogP contribution >= 0.6 is 0 Å². The van der Waals surface area contributed by atoms with Crippen molar-refractivity contribution >= 4 is 0 Å². The van der Waals surface area contributed by atoms with Crippen LogP contribution in [0.25, 0.3) is 0 Å². The van der Waals surface area contributed by atoms with Gasteiger partial charge in [0.1, 0.15) is 0 Å². The summed E-state index contributed by atoms with van der Waals surface area (Å²) in [4.78, 5) is 0. The van der Waals surface area contributed by atoms with Crippen molar-refractivity contribution in [1.29, 1.82) is 0 Å². The van der Waals surface area contributed by atoms with E-state index >= 15 is 0 Å². The van der Waals surface area contributed by atoms with E-state index in [1.54, 1.807) is 0 Å². The van der Waals surface area contributed by atoms with Gasteiger partial charge in [0.25, 0.3) is 0 Å². The van der Waals surface area contributed by atoms with Crippen molar-refractivity contribution in [3.05, 3.63) is 47.3 Å². The fraction of sp³-hybridized carbons (Fsp3) is 0.429. The standard InChI is InChI=1S/C14H20N4/c1-2-3-9-15-11-14-13(16-18-17-14)10-12-7-5-4-6-8-12/h4-8,15H,2-3,9-11H2,1H3,(H,16,17,18). The van der Waals surface area contributed by atoms with Gasteiger partial charge in [0.15, 0.2) is 0 Å². The average Bonchev–Trinajstić information content (AvgIpc) is 2.83. The highest BCUT2D eigenvalue weighted by molar-refractivity contribution is 5.23. The first-order chi connectivity index (χ1) is 8.90. The SMILES string of the molecule is CCCCNCc1n[nH]nc1Cc1ccccc1. The Bertz CT molecular complexity index is 450. The number of aromatic amines is 1. The summed E-state index contributed by atoms with van der Waals surface area (Å²) in [7, 11) is 0. The molecule has 4 heteroatoms. The lowest BCUT2D eigenvalue weighted by molar-refractivity contribution is 0.630. The van der Waals surface area contributed by atoms with Crippen LogP contribution in [-0.4, -0.2) is 22.0 Å². The smallest absolute Gasteiger partial charge is 0.0997 e. The molecule has 1 heterocycles. The van der Waals surface area contributed by atoms with E-state index in [-0.39, 0.29) is 0 Å². The number of rotatable bonds is 7. The lowest BCUT2D eigenvalue weighted by atomic mass is 10.1. The lowest BCUT2D eigenvalue weighted by Gasteiger charge is -2.03. The molecular formula is C14H20N4. The highest BCUT2D eigenvalue weighted by atomic mass is 15.3. The Labute approximate surface area is 108 Å². The van der Waals surface area contributed by atoms with Crippen molar-refractivity contribution in [3.8, 4) is 0 Å². The Morgan fingerprint density at radius 2 is 1.89 bits per heavy atom. The van der Waals surface area contributed by atoms with Crippen LogP contribution in [-0.2, 0) is 13.0 Å². The van der Waals surface area contributed by atoms with Crippen LogP contribution in [0.3, 0.4) is 0 Å². The van der Waals surface area contributed by atoms with Gasteiger partial charge >= 0.3 is 0 Å². The van der Waals surface area contributed by atoms with E-state index in [2.05, 4.69) is 51.9 Å². The minimum absolute atomic E-state index is 0.790. The zero-order valence-corrected chi connectivity index (χ0v) is 10.8. The molecule has 0 saturated heterocycles. The zero-order valence-electron chi connectivity index (χ0n) is 10.8. The van der Waals surface area contributed by atoms with Gasteiger partial charge in [-0.25, -0.2) is 0 Å². The number of nitrogens with zero attached hydrogens (tertiary/aromatic N) is 2. The molecule has 1 aromatic heterocycles. The van der Waals surface area contributed by atoms with Crippen LogP contribution in [0, 0.1) is 0 Å². The predicted octanol–water partition coefficient (Wildman–Crippen LogP) is 2.29. The molecule has 0 aliphatic carbocycles. The van der Waals surface area contributed by atoms with E-state index in [4.69, 9.17) is 0 Å². The molecule has 96 valence electrons. The molecule has 2 aromatic rings. The first-order valence-electron chi connectivity index (χ1n) is 6.53. The van der Waals surface area contributed by atoms with Crippen LogP contribution in [0.2, 0.25) is 0 Å². The zero-order chi connectivity index (χ0) is 12.6. The molecule has 4 nitrogen and oxygen atoms in total. The van der Waals surface area contributed by atoms with E-state index in [1.807, 2.05) is 6.07 Å². The molecule has 0 atom stereocenters. The topological polar surface area (TPSA) is 53.6 Å². The molecule has 0 bridgehead atoms. The fourth-order valence-corrected chi connectivity index (χ4v) is 1.86. The quantitative estimate of drug-likeness (QED) is 0.735. The molecule has 0 spiro atoms. The number of aromatic nitrogens is 3. The predicted molar refractivity (Wildman–Crippen MR) is 72.2 cm³/mol. The fourth-order valence-electron chi connectivity index (χ4n) is 1.86. The van der Waals surface area contributed by atoms with Crippen LogP contribution in [0.1, 0.15) is 36.7 Å². The summed E-state index contributed by atoms with van der Waals surface area (Å²) >= 11 is 0. The van der Waals surface area contributed by atoms with Gasteiger partial charge in [0.05, 0.1) is 11.4 Å². The Balaban J connectivity index is 1.91. The van der Waals surface area contributed by atoms with Crippen molar-refractivity contribution < 1.29 is 0 Å². The van der Waals surface area contributed by atoms with Gasteiger partial charge in [-0.1, -0.05) is 43.7 Å². The van der Waals surface area contributed by atoms with Crippen molar-refractivity contribution in [2.45, 2.75) is 32.7 Å². The Hall–Kier alpha value is -1.68. The molecule has 0 radical (unpaired) electrons. The van der Waals surface area contributed by atoms with E-state index in [0.29, 0.717) is 0 Å². The van der Waals surface area contributed by atoms with E-state index in [0.717, 1.165) is 30.9 Å². The van der Waals surface area contributed by atoms with Crippen LogP contribution < -0.4 is 5.32 Å². The second-order valence-corrected chi connectivity index (χ2v) is 4.41. The van der Waals surface area contributed by atoms with Gasteiger partial charge in [-0.15, -0.1) is 0 Å². The van der Waals surface area contributed by atoms with Crippen LogP contribution in [0.4, 0.5) is 0 Å². The Kier molecular flexibility index (Phi) is 4.90. The van der Waals surface area contributed by atoms with Gasteiger partial charge in [0, 0.05) is 13.0 Å². The number of benzene rings is 1. The monoisotopic (exact) mass is 244 g/mol. The second-order valence-electron chi connectivity index (χ2n) is 4.41. The van der Waals surface area contributed by atoms with Crippen molar-refractivity contribution in [2.24, 2.45) is 0 Å². The van der Waals surface area contributed by atoms with Crippen molar-refractivity contribution in [3.63, 3.8) is 0 Å². The molecule has 0 amide bonds. The van der Waals surface area contributed by atoms with Crippen molar-refractivity contribution in [1.82, 2.24) is 20.7 Å². The molecular weight excluding hydrogens is 224 g/mol. The van der Waals surface area contributed by atoms with Crippen LogP contribution in [0.15, 0.2) is 30.3 Å². The minimum atomic E-state index is 0.790. The highest BCUT2D eigenvalue weighted by Gasteiger charge is 2.07. The first-order valence-corrected chi connectivity index (χ1v) is 6.53. The third-order valence-corrected chi connectivity index (χ3v) is 2.92. The Morgan fingerprint density at radius 3 is 2.67 bits per heavy atom. The Morgan fingerprint density at radius 1 is 1.11 bits per heavy atom. The molecule has 18 heavy (non-hydrogen) atoms. The molecule has 1 aromatic carbocycles. The maximum absolute atomic E-state index is 4.23. The third kappa shape index (κ3) is 3.67. The number of unbranched alkanes of at least 4 members (excludes halogenated alkanes) is 1. The van der Waals surface area contributed by atoms with Gasteiger partial charge in [-0.2, -0.15) is 15.4 Å². The molecule has 0 aliphatic rings. The highest BCUT2D eigenvalue weighted by Crippen LogP contribution is 2.09. The second kappa shape index (κ2) is 6.91. The normalized spacial score (nSPS) is 10.7. The third-order valence-electron chi connectivity index (χ3n) is 2.92. The van der Waals surface area contributed by atoms with Gasteiger partial charge in [0.2, 0.25) is 0 Å². The summed E-state index contributed by atoms with van der Waals surface area (Å²) < 4.78 is 0. The number of H-pyrrole nitrogens is 1. The maximum Gasteiger partial charge on any atom is 0.0997 e. The molecule has 2 N–H and O–H groups in total. The maximum atomic E-state index is 4.23. The summed E-state index contributed by atoms with van der Waals surface area (Å²) in [5, 5.41) is 14.6. The van der Waals surface area contributed by atoms with E-state index in [9.17, 15) is 0 Å². The minimum Gasteiger partial charge on any atom is -0.311 e. The summed E-state index contributed by atoms with van der Waals surface area (Å²) in [6.07, 6.45) is 3.25. The van der Waals surface area contributed by atoms with E-state index < -0.39 is 0 Å². The number of nitrogens with one attached hydrogen (secondary N) is 2. The summed E-state index contributed by atoms with van der Waals surface area (Å²) in [5.41, 5.74) is 3.32. The van der Waals surface area contributed by atoms with Crippen LogP contribution in [0.5, 0.6) is 0 Å². The largest absolute Gasteiger partial charge is 0.311 e. The van der Waals surface area contributed by atoms with Crippen molar-refractivity contribution in [2.75, 3.05) is 6.54 Å². The number of hydrogen-bond donors (Lipinski definition) is 2. The van der Waals surface area contributed by atoms with E-state index in [1.165, 1.54) is 18.4 Å². The van der Waals surface area contributed by atoms with Gasteiger partial charge in [-0.3, -0.25) is 0 Å². The summed E-state index contributed by atoms with van der Waals surface area (Å²) in [5.74, 6) is 0.